The van der Waals surface area contributed by atoms with Gasteiger partial charge in [0.15, 0.2) is 0 Å². The third kappa shape index (κ3) is 5.65. The molecule has 0 aliphatic carbocycles. The molecule has 0 aliphatic heterocycles. The van der Waals surface area contributed by atoms with E-state index < -0.39 is 6.10 Å². The van der Waals surface area contributed by atoms with Gasteiger partial charge >= 0.3 is 0 Å². The second-order valence-electron chi connectivity index (χ2n) is 7.63. The monoisotopic (exact) mass is 406 g/mol. The van der Waals surface area contributed by atoms with Crippen LogP contribution in [-0.4, -0.2) is 40.4 Å². The van der Waals surface area contributed by atoms with Crippen LogP contribution >= 0.6 is 0 Å². The van der Waals surface area contributed by atoms with Gasteiger partial charge in [-0.2, -0.15) is 0 Å². The number of rotatable bonds is 10. The van der Waals surface area contributed by atoms with Crippen LogP contribution in [0, 0.1) is 0 Å². The second kappa shape index (κ2) is 10.9. The molecule has 158 valence electrons. The Morgan fingerprint density at radius 1 is 1.17 bits per heavy atom. The number of para-hydroxylation sites is 1. The van der Waals surface area contributed by atoms with Crippen molar-refractivity contribution in [2.24, 2.45) is 0 Å². The smallest absolute Gasteiger partial charge is 0.224 e. The zero-order valence-corrected chi connectivity index (χ0v) is 17.5. The number of carbonyl (C=O) groups is 1. The van der Waals surface area contributed by atoms with Gasteiger partial charge in [0.1, 0.15) is 0 Å². The average molecular weight is 407 g/mol. The predicted molar refractivity (Wildman–Crippen MR) is 120 cm³/mol. The number of aliphatic hydroxyl groups is 2. The van der Waals surface area contributed by atoms with Crippen LogP contribution in [0.25, 0.3) is 22.0 Å². The molecule has 3 rings (SSSR count). The highest BCUT2D eigenvalue weighted by Crippen LogP contribution is 2.32. The summed E-state index contributed by atoms with van der Waals surface area (Å²) in [5.74, 6) is 0.00371. The van der Waals surface area contributed by atoms with Crippen LogP contribution in [0.1, 0.15) is 37.3 Å². The summed E-state index contributed by atoms with van der Waals surface area (Å²) < 4.78 is 0. The number of carbonyl (C=O) groups excluding carboxylic acids is 1. The average Bonchev–Trinajstić information content (AvgIpc) is 2.77. The van der Waals surface area contributed by atoms with E-state index in [1.807, 2.05) is 42.5 Å². The number of hydrogen-bond acceptors (Lipinski definition) is 4. The van der Waals surface area contributed by atoms with Crippen molar-refractivity contribution < 1.29 is 15.0 Å². The Morgan fingerprint density at radius 3 is 2.80 bits per heavy atom. The number of amides is 1. The molecule has 0 bridgehead atoms. The predicted octanol–water partition coefficient (Wildman–Crippen LogP) is 3.65. The van der Waals surface area contributed by atoms with E-state index in [4.69, 9.17) is 5.11 Å². The lowest BCUT2D eigenvalue weighted by molar-refractivity contribution is -0.120. The van der Waals surface area contributed by atoms with Crippen LogP contribution in [-0.2, 0) is 17.6 Å². The molecule has 1 atom stereocenters. The van der Waals surface area contributed by atoms with E-state index >= 15 is 0 Å². The number of unbranched alkanes of at least 4 members (excludes halogenated alkanes) is 1. The summed E-state index contributed by atoms with van der Waals surface area (Å²) in [6.45, 7) is 2.56. The minimum atomic E-state index is -0.710. The lowest BCUT2D eigenvalue weighted by atomic mass is 9.93. The van der Waals surface area contributed by atoms with Crippen molar-refractivity contribution in [3.63, 3.8) is 0 Å². The fourth-order valence-corrected chi connectivity index (χ4v) is 3.60. The van der Waals surface area contributed by atoms with E-state index in [1.54, 1.807) is 6.20 Å². The van der Waals surface area contributed by atoms with Gasteiger partial charge in [0.2, 0.25) is 5.91 Å². The molecule has 5 heteroatoms. The lowest BCUT2D eigenvalue weighted by Crippen LogP contribution is -2.26. The van der Waals surface area contributed by atoms with Crippen LogP contribution in [0.5, 0.6) is 0 Å². The van der Waals surface area contributed by atoms with Gasteiger partial charge < -0.3 is 15.5 Å². The summed E-state index contributed by atoms with van der Waals surface area (Å²) in [4.78, 5) is 17.1. The number of aliphatic hydroxyl groups excluding tert-OH is 2. The number of fused-ring (bicyclic) bond motifs is 1. The molecule has 1 aromatic heterocycles. The molecule has 5 nitrogen and oxygen atoms in total. The zero-order valence-electron chi connectivity index (χ0n) is 17.5. The first kappa shape index (κ1) is 21.9. The highest BCUT2D eigenvalue weighted by atomic mass is 16.3. The van der Waals surface area contributed by atoms with Gasteiger partial charge in [0, 0.05) is 18.1 Å². The van der Waals surface area contributed by atoms with E-state index in [9.17, 15) is 9.90 Å². The molecule has 0 saturated heterocycles. The largest absolute Gasteiger partial charge is 0.394 e. The SMILES string of the molecule is CCCCNC(=O)Cc1cnc2ccccc2c1-c1cccc(CCC(O)CO)c1. The Bertz CT molecular complexity index is 987. The second-order valence-corrected chi connectivity index (χ2v) is 7.63. The molecule has 1 amide bonds. The van der Waals surface area contributed by atoms with Crippen molar-refractivity contribution in [1.29, 1.82) is 0 Å². The topological polar surface area (TPSA) is 82.5 Å². The summed E-state index contributed by atoms with van der Waals surface area (Å²) in [5, 5.41) is 22.8. The quantitative estimate of drug-likeness (QED) is 0.449. The number of benzene rings is 2. The van der Waals surface area contributed by atoms with Crippen LogP contribution in [0.15, 0.2) is 54.7 Å². The molecule has 30 heavy (non-hydrogen) atoms. The first-order valence-corrected chi connectivity index (χ1v) is 10.6. The van der Waals surface area contributed by atoms with Crippen LogP contribution in [0.3, 0.4) is 0 Å². The number of hydrogen-bond donors (Lipinski definition) is 3. The Balaban J connectivity index is 1.95. The molecule has 0 fully saturated rings. The number of nitrogens with one attached hydrogen (secondary N) is 1. The van der Waals surface area contributed by atoms with Crippen molar-refractivity contribution in [3.8, 4) is 11.1 Å². The van der Waals surface area contributed by atoms with Crippen molar-refractivity contribution in [2.45, 2.75) is 45.1 Å². The standard InChI is InChI=1S/C25H30N2O3/c1-2-3-13-26-24(30)15-20-16-27-23-10-5-4-9-22(23)25(20)19-8-6-7-18(14-19)11-12-21(29)17-28/h4-10,14,16,21,28-29H,2-3,11-13,15,17H2,1H3,(H,26,30). The highest BCUT2D eigenvalue weighted by Gasteiger charge is 2.14. The molecular weight excluding hydrogens is 376 g/mol. The van der Waals surface area contributed by atoms with E-state index in [0.717, 1.165) is 46.0 Å². The summed E-state index contributed by atoms with van der Waals surface area (Å²) in [7, 11) is 0. The van der Waals surface area contributed by atoms with Crippen molar-refractivity contribution in [1.82, 2.24) is 10.3 Å². The number of nitrogens with zero attached hydrogens (tertiary/aromatic N) is 1. The van der Waals surface area contributed by atoms with Crippen molar-refractivity contribution in [3.05, 3.63) is 65.9 Å². The molecule has 1 heterocycles. The van der Waals surface area contributed by atoms with Gasteiger partial charge in [-0.05, 0) is 47.6 Å². The maximum atomic E-state index is 12.5. The summed E-state index contributed by atoms with van der Waals surface area (Å²) in [6, 6.07) is 16.1. The molecule has 3 aromatic rings. The van der Waals surface area contributed by atoms with E-state index in [-0.39, 0.29) is 18.9 Å². The Morgan fingerprint density at radius 2 is 2.00 bits per heavy atom. The van der Waals surface area contributed by atoms with Gasteiger partial charge in [-0.1, -0.05) is 55.8 Å². The molecule has 0 spiro atoms. The first-order valence-electron chi connectivity index (χ1n) is 10.6. The minimum Gasteiger partial charge on any atom is -0.394 e. The van der Waals surface area contributed by atoms with E-state index in [2.05, 4.69) is 23.3 Å². The lowest BCUT2D eigenvalue weighted by Gasteiger charge is -2.15. The Kier molecular flexibility index (Phi) is 7.94. The summed E-state index contributed by atoms with van der Waals surface area (Å²) in [5.41, 5.74) is 4.93. The third-order valence-corrected chi connectivity index (χ3v) is 5.25. The summed E-state index contributed by atoms with van der Waals surface area (Å²) in [6.07, 6.45) is 4.56. The molecule has 0 radical (unpaired) electrons. The maximum absolute atomic E-state index is 12.5. The van der Waals surface area contributed by atoms with Gasteiger partial charge in [0.05, 0.1) is 24.6 Å². The van der Waals surface area contributed by atoms with Gasteiger partial charge in [-0.3, -0.25) is 9.78 Å². The van der Waals surface area contributed by atoms with E-state index in [1.165, 1.54) is 0 Å². The van der Waals surface area contributed by atoms with E-state index in [0.29, 0.717) is 19.4 Å². The normalized spacial score (nSPS) is 12.1. The Hall–Kier alpha value is -2.76. The number of pyridine rings is 1. The van der Waals surface area contributed by atoms with Crippen molar-refractivity contribution in [2.75, 3.05) is 13.2 Å². The van der Waals surface area contributed by atoms with Gasteiger partial charge in [0.25, 0.3) is 0 Å². The first-order chi connectivity index (χ1) is 14.6. The zero-order chi connectivity index (χ0) is 21.3. The molecular formula is C25H30N2O3. The molecule has 1 unspecified atom stereocenters. The van der Waals surface area contributed by atoms with Gasteiger partial charge in [-0.25, -0.2) is 0 Å². The minimum absolute atomic E-state index is 0.00371. The number of aromatic nitrogens is 1. The van der Waals surface area contributed by atoms with Crippen LogP contribution < -0.4 is 5.32 Å². The van der Waals surface area contributed by atoms with Crippen LogP contribution in [0.4, 0.5) is 0 Å². The highest BCUT2D eigenvalue weighted by molar-refractivity contribution is 5.97. The fraction of sp³-hybridized carbons (Fsp3) is 0.360. The molecule has 3 N–H and O–H groups in total. The Labute approximate surface area is 177 Å². The number of aryl methyl sites for hydroxylation is 1. The fourth-order valence-electron chi connectivity index (χ4n) is 3.60. The van der Waals surface area contributed by atoms with Crippen LogP contribution in [0.2, 0.25) is 0 Å². The summed E-state index contributed by atoms with van der Waals surface area (Å²) >= 11 is 0. The molecule has 2 aromatic carbocycles. The molecule has 0 saturated carbocycles. The maximum Gasteiger partial charge on any atom is 0.224 e. The van der Waals surface area contributed by atoms with Crippen molar-refractivity contribution >= 4 is 16.8 Å². The van der Waals surface area contributed by atoms with Gasteiger partial charge in [-0.15, -0.1) is 0 Å². The third-order valence-electron chi connectivity index (χ3n) is 5.25. The molecule has 0 aliphatic rings.